The van der Waals surface area contributed by atoms with E-state index in [1.165, 1.54) is 11.3 Å². The summed E-state index contributed by atoms with van der Waals surface area (Å²) >= 11 is 1.50. The molecule has 0 atom stereocenters. The van der Waals surface area contributed by atoms with Gasteiger partial charge in [0, 0.05) is 33.9 Å². The maximum atomic E-state index is 12.7. The van der Waals surface area contributed by atoms with Gasteiger partial charge in [0.2, 0.25) is 6.79 Å². The number of fused-ring (bicyclic) bond motifs is 1. The molecule has 0 radical (unpaired) electrons. The minimum atomic E-state index is -0.223. The maximum absolute atomic E-state index is 12.7. The predicted molar refractivity (Wildman–Crippen MR) is 124 cm³/mol. The second kappa shape index (κ2) is 8.60. The standard InChI is InChI=1S/C24H19N3O4S/c1-29-19-7-3-6-18(12-19)26-24-27-20(13-32-24)15-4-2-5-17(10-15)25-23(28)16-8-9-21-22(11-16)31-14-30-21/h2-13H,14H2,1H3,(H,25,28)(H,26,27). The number of amides is 1. The van der Waals surface area contributed by atoms with Gasteiger partial charge in [0.15, 0.2) is 16.6 Å². The number of nitrogens with zero attached hydrogens (tertiary/aromatic N) is 1. The first kappa shape index (κ1) is 19.9. The highest BCUT2D eigenvalue weighted by molar-refractivity contribution is 7.14. The van der Waals surface area contributed by atoms with Crippen LogP contribution >= 0.6 is 11.3 Å². The Balaban J connectivity index is 1.30. The van der Waals surface area contributed by atoms with Gasteiger partial charge in [0.05, 0.1) is 12.8 Å². The molecule has 32 heavy (non-hydrogen) atoms. The summed E-state index contributed by atoms with van der Waals surface area (Å²) in [6, 6.07) is 20.4. The average molecular weight is 446 g/mol. The summed E-state index contributed by atoms with van der Waals surface area (Å²) in [6.07, 6.45) is 0. The molecule has 0 bridgehead atoms. The van der Waals surface area contributed by atoms with E-state index >= 15 is 0 Å². The molecule has 1 amide bonds. The van der Waals surface area contributed by atoms with Crippen molar-refractivity contribution in [1.82, 2.24) is 4.98 Å². The van der Waals surface area contributed by atoms with E-state index in [-0.39, 0.29) is 12.7 Å². The molecule has 3 aromatic carbocycles. The lowest BCUT2D eigenvalue weighted by Gasteiger charge is -2.07. The molecule has 0 saturated heterocycles. The van der Waals surface area contributed by atoms with Gasteiger partial charge in [-0.05, 0) is 42.5 Å². The minimum absolute atomic E-state index is 0.171. The van der Waals surface area contributed by atoms with Gasteiger partial charge in [0.1, 0.15) is 5.75 Å². The summed E-state index contributed by atoms with van der Waals surface area (Å²) in [6.45, 7) is 0.171. The Bertz CT molecular complexity index is 1290. The molecule has 0 spiro atoms. The third kappa shape index (κ3) is 4.21. The Kier molecular flexibility index (Phi) is 5.35. The summed E-state index contributed by atoms with van der Waals surface area (Å²) in [5.74, 6) is 1.77. The second-order valence-electron chi connectivity index (χ2n) is 7.00. The SMILES string of the molecule is COc1cccc(Nc2nc(-c3cccc(NC(=O)c4ccc5c(c4)OCO5)c3)cs2)c1. The van der Waals surface area contributed by atoms with E-state index in [0.717, 1.165) is 27.8 Å². The lowest BCUT2D eigenvalue weighted by Crippen LogP contribution is -2.11. The number of methoxy groups -OCH3 is 1. The Morgan fingerprint density at radius 3 is 2.75 bits per heavy atom. The average Bonchev–Trinajstić information content (AvgIpc) is 3.48. The van der Waals surface area contributed by atoms with Gasteiger partial charge in [-0.25, -0.2) is 4.98 Å². The van der Waals surface area contributed by atoms with E-state index in [4.69, 9.17) is 14.2 Å². The molecule has 8 heteroatoms. The first-order valence-corrected chi connectivity index (χ1v) is 10.7. The fraction of sp³-hybridized carbons (Fsp3) is 0.0833. The molecule has 0 fully saturated rings. The topological polar surface area (TPSA) is 81.7 Å². The number of hydrogen-bond donors (Lipinski definition) is 2. The van der Waals surface area contributed by atoms with Crippen LogP contribution in [0.25, 0.3) is 11.3 Å². The van der Waals surface area contributed by atoms with Crippen LogP contribution in [0.2, 0.25) is 0 Å². The van der Waals surface area contributed by atoms with Crippen molar-refractivity contribution in [2.24, 2.45) is 0 Å². The molecular formula is C24H19N3O4S. The molecule has 0 saturated carbocycles. The van der Waals surface area contributed by atoms with Crippen molar-refractivity contribution in [3.63, 3.8) is 0 Å². The zero-order chi connectivity index (χ0) is 21.9. The maximum Gasteiger partial charge on any atom is 0.255 e. The number of anilines is 3. The Morgan fingerprint density at radius 2 is 1.84 bits per heavy atom. The van der Waals surface area contributed by atoms with Crippen molar-refractivity contribution >= 4 is 33.8 Å². The molecule has 0 aliphatic carbocycles. The van der Waals surface area contributed by atoms with Gasteiger partial charge in [-0.15, -0.1) is 11.3 Å². The van der Waals surface area contributed by atoms with Crippen molar-refractivity contribution in [2.75, 3.05) is 24.5 Å². The quantitative estimate of drug-likeness (QED) is 0.405. The second-order valence-corrected chi connectivity index (χ2v) is 7.86. The predicted octanol–water partition coefficient (Wildman–Crippen LogP) is 5.54. The Hall–Kier alpha value is -4.04. The van der Waals surface area contributed by atoms with Crippen LogP contribution in [0.4, 0.5) is 16.5 Å². The van der Waals surface area contributed by atoms with Crippen LogP contribution < -0.4 is 24.8 Å². The fourth-order valence-corrected chi connectivity index (χ4v) is 4.03. The number of thiazole rings is 1. The third-order valence-corrected chi connectivity index (χ3v) is 5.63. The van der Waals surface area contributed by atoms with Gasteiger partial charge in [-0.2, -0.15) is 0 Å². The number of rotatable bonds is 6. The molecule has 2 N–H and O–H groups in total. The van der Waals surface area contributed by atoms with Crippen molar-refractivity contribution in [2.45, 2.75) is 0 Å². The lowest BCUT2D eigenvalue weighted by atomic mass is 10.1. The monoisotopic (exact) mass is 445 g/mol. The zero-order valence-electron chi connectivity index (χ0n) is 17.1. The third-order valence-electron chi connectivity index (χ3n) is 4.88. The summed E-state index contributed by atoms with van der Waals surface area (Å²) in [7, 11) is 1.64. The van der Waals surface area contributed by atoms with Crippen LogP contribution in [0.15, 0.2) is 72.1 Å². The van der Waals surface area contributed by atoms with Crippen LogP contribution in [-0.4, -0.2) is 24.8 Å². The number of benzene rings is 3. The van der Waals surface area contributed by atoms with Gasteiger partial charge in [0.25, 0.3) is 5.91 Å². The van der Waals surface area contributed by atoms with Crippen molar-refractivity contribution < 1.29 is 19.0 Å². The van der Waals surface area contributed by atoms with E-state index in [1.54, 1.807) is 25.3 Å². The fourth-order valence-electron chi connectivity index (χ4n) is 3.29. The van der Waals surface area contributed by atoms with Gasteiger partial charge < -0.3 is 24.8 Å². The Labute approximate surface area is 188 Å². The minimum Gasteiger partial charge on any atom is -0.497 e. The highest BCUT2D eigenvalue weighted by atomic mass is 32.1. The van der Waals surface area contributed by atoms with Crippen molar-refractivity contribution in [3.05, 3.63) is 77.7 Å². The molecule has 2 heterocycles. The van der Waals surface area contributed by atoms with E-state index in [1.807, 2.05) is 53.9 Å². The van der Waals surface area contributed by atoms with Gasteiger partial charge in [-0.1, -0.05) is 18.2 Å². The molecule has 1 aliphatic rings. The van der Waals surface area contributed by atoms with Crippen molar-refractivity contribution in [1.29, 1.82) is 0 Å². The smallest absolute Gasteiger partial charge is 0.255 e. The van der Waals surface area contributed by atoms with Crippen LogP contribution in [0.1, 0.15) is 10.4 Å². The first-order valence-electron chi connectivity index (χ1n) is 9.86. The molecular weight excluding hydrogens is 426 g/mol. The molecule has 7 nitrogen and oxygen atoms in total. The summed E-state index contributed by atoms with van der Waals surface area (Å²) in [5.41, 5.74) is 3.80. The zero-order valence-corrected chi connectivity index (χ0v) is 17.9. The van der Waals surface area contributed by atoms with E-state index in [2.05, 4.69) is 15.6 Å². The normalized spacial score (nSPS) is 11.8. The number of ether oxygens (including phenoxy) is 3. The number of nitrogens with one attached hydrogen (secondary N) is 2. The Morgan fingerprint density at radius 1 is 1.00 bits per heavy atom. The molecule has 1 aromatic heterocycles. The summed E-state index contributed by atoms with van der Waals surface area (Å²) < 4.78 is 15.9. The van der Waals surface area contributed by atoms with Gasteiger partial charge >= 0.3 is 0 Å². The number of carbonyl (C=O) groups excluding carboxylic acids is 1. The molecule has 4 aromatic rings. The number of carbonyl (C=O) groups is 1. The summed E-state index contributed by atoms with van der Waals surface area (Å²) in [5, 5.41) is 8.96. The largest absolute Gasteiger partial charge is 0.497 e. The van der Waals surface area contributed by atoms with Gasteiger partial charge in [-0.3, -0.25) is 4.79 Å². The number of hydrogen-bond acceptors (Lipinski definition) is 7. The first-order chi connectivity index (χ1) is 15.7. The van der Waals surface area contributed by atoms with E-state index < -0.39 is 0 Å². The highest BCUT2D eigenvalue weighted by Crippen LogP contribution is 2.33. The molecule has 0 unspecified atom stereocenters. The van der Waals surface area contributed by atoms with Crippen LogP contribution in [0.5, 0.6) is 17.2 Å². The molecule has 1 aliphatic heterocycles. The molecule has 5 rings (SSSR count). The lowest BCUT2D eigenvalue weighted by molar-refractivity contribution is 0.102. The number of aromatic nitrogens is 1. The highest BCUT2D eigenvalue weighted by Gasteiger charge is 2.16. The van der Waals surface area contributed by atoms with Crippen LogP contribution in [0.3, 0.4) is 0 Å². The van der Waals surface area contributed by atoms with E-state index in [0.29, 0.717) is 22.7 Å². The van der Waals surface area contributed by atoms with Crippen LogP contribution in [0, 0.1) is 0 Å². The van der Waals surface area contributed by atoms with Crippen LogP contribution in [-0.2, 0) is 0 Å². The molecule has 160 valence electrons. The van der Waals surface area contributed by atoms with E-state index in [9.17, 15) is 4.79 Å². The van der Waals surface area contributed by atoms with Crippen molar-refractivity contribution in [3.8, 4) is 28.5 Å². The summed E-state index contributed by atoms with van der Waals surface area (Å²) in [4.78, 5) is 17.4.